The first kappa shape index (κ1) is 13.6. The topological polar surface area (TPSA) is 59.6 Å². The van der Waals surface area contributed by atoms with Crippen molar-refractivity contribution < 1.29 is 4.74 Å². The third-order valence-corrected chi connectivity index (χ3v) is 3.41. The molecule has 2 aromatic rings. The number of nitrogens with two attached hydrogens (primary N) is 1. The molecular formula is C16H15N3OS. The summed E-state index contributed by atoms with van der Waals surface area (Å²) in [6.07, 6.45) is 0.601. The lowest BCUT2D eigenvalue weighted by Crippen LogP contribution is -2.28. The van der Waals surface area contributed by atoms with Gasteiger partial charge in [-0.3, -0.25) is 5.43 Å². The normalized spacial score (nSPS) is 18.7. The van der Waals surface area contributed by atoms with Gasteiger partial charge in [0.25, 0.3) is 0 Å². The minimum Gasteiger partial charge on any atom is -0.485 e. The first-order valence-electron chi connectivity index (χ1n) is 6.67. The van der Waals surface area contributed by atoms with E-state index < -0.39 is 0 Å². The van der Waals surface area contributed by atoms with Crippen molar-refractivity contribution in [3.8, 4) is 5.75 Å². The van der Waals surface area contributed by atoms with E-state index in [1.165, 1.54) is 0 Å². The fraction of sp³-hybridized carbons (Fsp3) is 0.125. The molecule has 0 radical (unpaired) electrons. The lowest BCUT2D eigenvalue weighted by molar-refractivity contribution is 0.206. The molecule has 0 bridgehead atoms. The van der Waals surface area contributed by atoms with Crippen molar-refractivity contribution in [2.24, 2.45) is 10.8 Å². The number of fused-ring (bicyclic) bond motifs is 1. The third-order valence-electron chi connectivity index (χ3n) is 3.32. The van der Waals surface area contributed by atoms with Gasteiger partial charge in [-0.2, -0.15) is 5.10 Å². The van der Waals surface area contributed by atoms with Crippen LogP contribution in [0.2, 0.25) is 0 Å². The Kier molecular flexibility index (Phi) is 3.83. The fourth-order valence-corrected chi connectivity index (χ4v) is 2.42. The van der Waals surface area contributed by atoms with E-state index in [4.69, 9.17) is 22.7 Å². The van der Waals surface area contributed by atoms with Gasteiger partial charge in [0.1, 0.15) is 11.9 Å². The fourth-order valence-electron chi connectivity index (χ4n) is 2.37. The number of nitrogens with zero attached hydrogens (tertiary/aromatic N) is 1. The van der Waals surface area contributed by atoms with Crippen LogP contribution in [0.5, 0.6) is 5.75 Å². The van der Waals surface area contributed by atoms with Crippen LogP contribution in [-0.4, -0.2) is 10.8 Å². The number of benzene rings is 2. The number of thiocarbonyl (C=S) groups is 1. The van der Waals surface area contributed by atoms with Gasteiger partial charge in [-0.25, -0.2) is 0 Å². The molecule has 3 N–H and O–H groups in total. The number of hydrazone groups is 1. The molecule has 0 aliphatic carbocycles. The Morgan fingerprint density at radius 2 is 1.86 bits per heavy atom. The van der Waals surface area contributed by atoms with E-state index in [2.05, 4.69) is 22.7 Å². The average Bonchev–Trinajstić information content (AvgIpc) is 2.53. The van der Waals surface area contributed by atoms with Crippen LogP contribution in [0.15, 0.2) is 59.7 Å². The predicted molar refractivity (Wildman–Crippen MR) is 87.3 cm³/mol. The van der Waals surface area contributed by atoms with E-state index in [9.17, 15) is 0 Å². The molecule has 0 spiro atoms. The summed E-state index contributed by atoms with van der Waals surface area (Å²) in [7, 11) is 0. The molecule has 0 saturated carbocycles. The van der Waals surface area contributed by atoms with E-state index in [1.807, 2.05) is 42.5 Å². The molecule has 1 aliphatic heterocycles. The molecule has 2 aromatic carbocycles. The van der Waals surface area contributed by atoms with E-state index in [0.29, 0.717) is 6.42 Å². The third kappa shape index (κ3) is 3.03. The number of hydrogen-bond donors (Lipinski definition) is 2. The molecular weight excluding hydrogens is 282 g/mol. The summed E-state index contributed by atoms with van der Waals surface area (Å²) in [5.41, 5.74) is 11.1. The first-order chi connectivity index (χ1) is 10.2. The monoisotopic (exact) mass is 297 g/mol. The lowest BCUT2D eigenvalue weighted by Gasteiger charge is -2.27. The molecule has 1 heterocycles. The minimum absolute atomic E-state index is 0.0620. The Morgan fingerprint density at radius 3 is 2.62 bits per heavy atom. The van der Waals surface area contributed by atoms with Gasteiger partial charge < -0.3 is 10.5 Å². The van der Waals surface area contributed by atoms with Crippen LogP contribution >= 0.6 is 12.2 Å². The molecule has 0 saturated heterocycles. The standard InChI is InChI=1S/C16H15N3OS/c17-16(21)19-18-13-10-15(11-6-2-1-3-7-11)20-14-9-5-4-8-12(13)14/h1-9,15H,10H2,(H3,17,19,21)/b18-13-/t15-/m0/s1. The summed E-state index contributed by atoms with van der Waals surface area (Å²) in [6, 6.07) is 17.9. The molecule has 4 nitrogen and oxygen atoms in total. The zero-order valence-electron chi connectivity index (χ0n) is 11.3. The molecule has 1 aliphatic rings. The highest BCUT2D eigenvalue weighted by molar-refractivity contribution is 7.80. The van der Waals surface area contributed by atoms with Crippen LogP contribution in [0.3, 0.4) is 0 Å². The van der Waals surface area contributed by atoms with Gasteiger partial charge >= 0.3 is 0 Å². The Bertz CT molecular complexity index is 685. The second kappa shape index (κ2) is 5.93. The lowest BCUT2D eigenvalue weighted by atomic mass is 9.96. The highest BCUT2D eigenvalue weighted by atomic mass is 32.1. The van der Waals surface area contributed by atoms with E-state index in [1.54, 1.807) is 0 Å². The molecule has 3 rings (SSSR count). The second-order valence-electron chi connectivity index (χ2n) is 4.75. The number of rotatable bonds is 2. The van der Waals surface area contributed by atoms with Crippen molar-refractivity contribution in [1.29, 1.82) is 0 Å². The van der Waals surface area contributed by atoms with E-state index in [0.717, 1.165) is 22.6 Å². The van der Waals surface area contributed by atoms with Gasteiger partial charge in [0.15, 0.2) is 5.11 Å². The summed E-state index contributed by atoms with van der Waals surface area (Å²) in [4.78, 5) is 0. The smallest absolute Gasteiger partial charge is 0.184 e. The van der Waals surface area contributed by atoms with Gasteiger partial charge in [-0.05, 0) is 29.9 Å². The Labute approximate surface area is 128 Å². The largest absolute Gasteiger partial charge is 0.485 e. The Balaban J connectivity index is 1.96. The van der Waals surface area contributed by atoms with Crippen LogP contribution in [0.1, 0.15) is 23.7 Å². The Morgan fingerprint density at radius 1 is 1.14 bits per heavy atom. The van der Waals surface area contributed by atoms with Gasteiger partial charge in [0.2, 0.25) is 0 Å². The Hall–Kier alpha value is -2.40. The van der Waals surface area contributed by atoms with Gasteiger partial charge in [-0.1, -0.05) is 42.5 Å². The molecule has 0 aromatic heterocycles. The molecule has 0 unspecified atom stereocenters. The summed E-state index contributed by atoms with van der Waals surface area (Å²) in [5.74, 6) is 0.820. The SMILES string of the molecule is NC(=S)N/N=C1/C[C@@H](c2ccccc2)Oc2ccccc21. The van der Waals surface area contributed by atoms with E-state index in [-0.39, 0.29) is 11.2 Å². The van der Waals surface area contributed by atoms with Crippen LogP contribution in [0, 0.1) is 0 Å². The van der Waals surface area contributed by atoms with Gasteiger partial charge in [-0.15, -0.1) is 0 Å². The quantitative estimate of drug-likeness (QED) is 0.661. The van der Waals surface area contributed by atoms with Crippen molar-refractivity contribution in [3.63, 3.8) is 0 Å². The summed E-state index contributed by atoms with van der Waals surface area (Å²) >= 11 is 4.81. The summed E-state index contributed by atoms with van der Waals surface area (Å²) in [5, 5.41) is 4.48. The number of hydrogen-bond acceptors (Lipinski definition) is 3. The highest BCUT2D eigenvalue weighted by Crippen LogP contribution is 2.34. The molecule has 0 amide bonds. The van der Waals surface area contributed by atoms with Crippen molar-refractivity contribution in [3.05, 3.63) is 65.7 Å². The maximum absolute atomic E-state index is 6.08. The summed E-state index contributed by atoms with van der Waals surface area (Å²) in [6.45, 7) is 0. The number of nitrogens with one attached hydrogen (secondary N) is 1. The maximum Gasteiger partial charge on any atom is 0.184 e. The molecule has 106 valence electrons. The predicted octanol–water partition coefficient (Wildman–Crippen LogP) is 2.75. The van der Waals surface area contributed by atoms with Crippen LogP contribution < -0.4 is 15.9 Å². The summed E-state index contributed by atoms with van der Waals surface area (Å²) < 4.78 is 6.08. The number of para-hydroxylation sites is 1. The minimum atomic E-state index is -0.0620. The van der Waals surface area contributed by atoms with Gasteiger partial charge in [0, 0.05) is 12.0 Å². The molecule has 21 heavy (non-hydrogen) atoms. The highest BCUT2D eigenvalue weighted by Gasteiger charge is 2.25. The molecule has 5 heteroatoms. The van der Waals surface area contributed by atoms with Crippen molar-refractivity contribution in [2.75, 3.05) is 0 Å². The molecule has 1 atom stereocenters. The van der Waals surface area contributed by atoms with Crippen LogP contribution in [0.4, 0.5) is 0 Å². The van der Waals surface area contributed by atoms with Crippen LogP contribution in [0.25, 0.3) is 0 Å². The molecule has 0 fully saturated rings. The van der Waals surface area contributed by atoms with Crippen molar-refractivity contribution in [2.45, 2.75) is 12.5 Å². The van der Waals surface area contributed by atoms with Gasteiger partial charge in [0.05, 0.1) is 5.71 Å². The van der Waals surface area contributed by atoms with E-state index >= 15 is 0 Å². The van der Waals surface area contributed by atoms with Crippen molar-refractivity contribution >= 4 is 23.0 Å². The zero-order valence-corrected chi connectivity index (χ0v) is 12.1. The number of ether oxygens (including phenoxy) is 1. The second-order valence-corrected chi connectivity index (χ2v) is 5.19. The van der Waals surface area contributed by atoms with Crippen molar-refractivity contribution in [1.82, 2.24) is 5.43 Å². The average molecular weight is 297 g/mol. The maximum atomic E-state index is 6.08. The zero-order chi connectivity index (χ0) is 14.7. The van der Waals surface area contributed by atoms with Crippen LogP contribution in [-0.2, 0) is 0 Å². The first-order valence-corrected chi connectivity index (χ1v) is 7.08.